The second-order valence-corrected chi connectivity index (χ2v) is 15.4. The van der Waals surface area contributed by atoms with Gasteiger partial charge in [0.2, 0.25) is 0 Å². The molecule has 4 aromatic heterocycles. The van der Waals surface area contributed by atoms with Crippen LogP contribution in [-0.2, 0) is 0 Å². The van der Waals surface area contributed by atoms with Crippen molar-refractivity contribution in [2.75, 3.05) is 0 Å². The maximum atomic E-state index is 6.85. The van der Waals surface area contributed by atoms with Gasteiger partial charge < -0.3 is 8.98 Å². The van der Waals surface area contributed by atoms with Crippen LogP contribution in [0.1, 0.15) is 0 Å². The number of hydrogen-bond acceptors (Lipinski definition) is 5. The zero-order valence-electron chi connectivity index (χ0n) is 30.4. The molecule has 0 radical (unpaired) electrons. The van der Waals surface area contributed by atoms with Crippen LogP contribution in [0.15, 0.2) is 186 Å². The normalized spacial score (nSPS) is 11.9. The summed E-state index contributed by atoms with van der Waals surface area (Å²) in [5, 5.41) is 7.04. The number of rotatable bonds is 5. The fraction of sp³-hybridized carbons (Fsp3) is 0. The van der Waals surface area contributed by atoms with Crippen molar-refractivity contribution in [2.45, 2.75) is 0 Å². The molecular weight excluding hydrogens is 717 g/mol. The van der Waals surface area contributed by atoms with Gasteiger partial charge >= 0.3 is 0 Å². The monoisotopic (exact) mass is 746 g/mol. The Morgan fingerprint density at radius 1 is 0.421 bits per heavy atom. The van der Waals surface area contributed by atoms with Crippen LogP contribution in [0, 0.1) is 0 Å². The summed E-state index contributed by atoms with van der Waals surface area (Å²) in [6.07, 6.45) is 0. The van der Waals surface area contributed by atoms with Gasteiger partial charge in [-0.3, -0.25) is 0 Å². The maximum absolute atomic E-state index is 6.85. The summed E-state index contributed by atoms with van der Waals surface area (Å²) in [5.41, 5.74) is 10.3. The molecule has 0 spiro atoms. The van der Waals surface area contributed by atoms with Gasteiger partial charge in [0.25, 0.3) is 0 Å². The highest BCUT2D eigenvalue weighted by molar-refractivity contribution is 7.26. The van der Waals surface area contributed by atoms with E-state index in [0.717, 1.165) is 60.9 Å². The quantitative estimate of drug-likeness (QED) is 0.176. The minimum atomic E-state index is 0.647. The molecule has 12 rings (SSSR count). The highest BCUT2D eigenvalue weighted by atomic mass is 32.1. The first-order valence-electron chi connectivity index (χ1n) is 19.0. The topological polar surface area (TPSA) is 56.7 Å². The van der Waals surface area contributed by atoms with Crippen LogP contribution in [-0.4, -0.2) is 19.5 Å². The third-order valence-corrected chi connectivity index (χ3v) is 12.3. The van der Waals surface area contributed by atoms with Gasteiger partial charge in [0, 0.05) is 64.0 Å². The molecule has 12 aromatic rings. The molecule has 0 unspecified atom stereocenters. The Labute approximate surface area is 330 Å². The summed E-state index contributed by atoms with van der Waals surface area (Å²) in [4.78, 5) is 14.9. The van der Waals surface area contributed by atoms with Crippen LogP contribution in [0.2, 0.25) is 0 Å². The van der Waals surface area contributed by atoms with Crippen molar-refractivity contribution in [1.82, 2.24) is 19.5 Å². The Kier molecular flexibility index (Phi) is 7.03. The van der Waals surface area contributed by atoms with Gasteiger partial charge in [-0.1, -0.05) is 140 Å². The molecule has 0 amide bonds. The lowest BCUT2D eigenvalue weighted by Crippen LogP contribution is -2.00. The summed E-state index contributed by atoms with van der Waals surface area (Å²) in [5.74, 6) is 1.95. The van der Waals surface area contributed by atoms with Crippen molar-refractivity contribution in [3.8, 4) is 51.0 Å². The molecule has 0 aliphatic carbocycles. The average Bonchev–Trinajstić information content (AvgIpc) is 3.96. The molecule has 0 bridgehead atoms. The number of fused-ring (bicyclic) bond motifs is 9. The third-order valence-electron chi connectivity index (χ3n) is 11.1. The van der Waals surface area contributed by atoms with Crippen molar-refractivity contribution in [3.63, 3.8) is 0 Å². The molecule has 4 heterocycles. The molecule has 0 aliphatic heterocycles. The molecular formula is C51H30N4OS. The summed E-state index contributed by atoms with van der Waals surface area (Å²) in [6, 6.07) is 63.7. The van der Waals surface area contributed by atoms with E-state index in [4.69, 9.17) is 19.4 Å². The zero-order chi connectivity index (χ0) is 37.5. The lowest BCUT2D eigenvalue weighted by Gasteiger charge is -2.09. The van der Waals surface area contributed by atoms with E-state index in [1.165, 1.54) is 36.5 Å². The Balaban J connectivity index is 1.03. The number of benzene rings is 8. The Morgan fingerprint density at radius 2 is 0.982 bits per heavy atom. The summed E-state index contributed by atoms with van der Waals surface area (Å²) < 4.78 is 11.6. The fourth-order valence-corrected chi connectivity index (χ4v) is 9.71. The summed E-state index contributed by atoms with van der Waals surface area (Å²) in [6.45, 7) is 0. The Hall–Kier alpha value is -7.41. The van der Waals surface area contributed by atoms with E-state index in [1.807, 2.05) is 72.0 Å². The van der Waals surface area contributed by atoms with Crippen molar-refractivity contribution in [2.24, 2.45) is 0 Å². The highest BCUT2D eigenvalue weighted by Crippen LogP contribution is 2.46. The first-order chi connectivity index (χ1) is 28.3. The number of thiophene rings is 1. The minimum absolute atomic E-state index is 0.647. The largest absolute Gasteiger partial charge is 0.454 e. The van der Waals surface area contributed by atoms with E-state index in [-0.39, 0.29) is 0 Å². The van der Waals surface area contributed by atoms with Crippen molar-refractivity contribution in [3.05, 3.63) is 182 Å². The van der Waals surface area contributed by atoms with Crippen molar-refractivity contribution < 1.29 is 4.42 Å². The van der Waals surface area contributed by atoms with Gasteiger partial charge in [-0.15, -0.1) is 11.3 Å². The number of nitrogens with zero attached hydrogens (tertiary/aromatic N) is 4. The SMILES string of the molecule is c1ccc(-c2nc(-c3ccccc3)nc(-c3ccc4sc5c(-c6cccc7oc8c(-n9c%10ccccc%10c%10ccccc%109)cccc8c67)cccc5c4c3)n2)cc1. The predicted octanol–water partition coefficient (Wildman–Crippen LogP) is 13.9. The molecule has 0 aliphatic rings. The molecule has 5 nitrogen and oxygen atoms in total. The van der Waals surface area contributed by atoms with Crippen LogP contribution in [0.4, 0.5) is 0 Å². The average molecular weight is 747 g/mol. The Bertz CT molecular complexity index is 3420. The molecule has 6 heteroatoms. The molecule has 0 N–H and O–H groups in total. The minimum Gasteiger partial charge on any atom is -0.454 e. The van der Waals surface area contributed by atoms with E-state index in [2.05, 4.69) is 126 Å². The number of hydrogen-bond donors (Lipinski definition) is 0. The van der Waals surface area contributed by atoms with Gasteiger partial charge in [0.1, 0.15) is 5.58 Å². The summed E-state index contributed by atoms with van der Waals surface area (Å²) >= 11 is 1.82. The standard InChI is InChI=1S/C51H30N4OS/c1-3-14-31(15-4-1)49-52-50(32-16-5-2-6-17-32)54-51(53-49)33-28-29-45-40(30-33)38-22-11-21-37(48(38)57-45)36-20-13-27-44-46(36)39-23-12-26-43(47(39)56-44)55-41-24-9-7-18-34(41)35-19-8-10-25-42(35)55/h1-30H. The predicted molar refractivity (Wildman–Crippen MR) is 236 cm³/mol. The van der Waals surface area contributed by atoms with Crippen LogP contribution >= 0.6 is 11.3 Å². The lowest BCUT2D eigenvalue weighted by atomic mass is 9.97. The van der Waals surface area contributed by atoms with Crippen LogP contribution in [0.25, 0.3) is 115 Å². The second kappa shape index (κ2) is 12.6. The first kappa shape index (κ1) is 31.9. The fourth-order valence-electron chi connectivity index (χ4n) is 8.50. The lowest BCUT2D eigenvalue weighted by molar-refractivity contribution is 0.666. The van der Waals surface area contributed by atoms with Crippen molar-refractivity contribution in [1.29, 1.82) is 0 Å². The third kappa shape index (κ3) is 4.98. The van der Waals surface area contributed by atoms with E-state index in [9.17, 15) is 0 Å². The second-order valence-electron chi connectivity index (χ2n) is 14.3. The maximum Gasteiger partial charge on any atom is 0.164 e. The molecule has 0 saturated heterocycles. The van der Waals surface area contributed by atoms with Gasteiger partial charge in [-0.25, -0.2) is 15.0 Å². The molecule has 266 valence electrons. The summed E-state index contributed by atoms with van der Waals surface area (Å²) in [7, 11) is 0. The molecule has 0 saturated carbocycles. The molecule has 57 heavy (non-hydrogen) atoms. The van der Waals surface area contributed by atoms with E-state index < -0.39 is 0 Å². The van der Waals surface area contributed by atoms with Gasteiger partial charge in [0.05, 0.1) is 16.7 Å². The number of aromatic nitrogens is 4. The van der Waals surface area contributed by atoms with E-state index in [0.29, 0.717) is 17.5 Å². The van der Waals surface area contributed by atoms with Gasteiger partial charge in [-0.2, -0.15) is 0 Å². The number of para-hydroxylation sites is 3. The van der Waals surface area contributed by atoms with Crippen LogP contribution in [0.5, 0.6) is 0 Å². The first-order valence-corrected chi connectivity index (χ1v) is 19.8. The zero-order valence-corrected chi connectivity index (χ0v) is 31.2. The van der Waals surface area contributed by atoms with E-state index in [1.54, 1.807) is 0 Å². The molecule has 0 atom stereocenters. The smallest absolute Gasteiger partial charge is 0.164 e. The number of furan rings is 1. The van der Waals surface area contributed by atoms with Gasteiger partial charge in [-0.05, 0) is 48.0 Å². The molecule has 8 aromatic carbocycles. The highest BCUT2D eigenvalue weighted by Gasteiger charge is 2.21. The van der Waals surface area contributed by atoms with Crippen LogP contribution < -0.4 is 0 Å². The van der Waals surface area contributed by atoms with Gasteiger partial charge in [0.15, 0.2) is 23.1 Å². The van der Waals surface area contributed by atoms with Crippen molar-refractivity contribution >= 4 is 75.3 Å². The van der Waals surface area contributed by atoms with E-state index >= 15 is 0 Å². The Morgan fingerprint density at radius 3 is 1.68 bits per heavy atom. The molecule has 0 fully saturated rings. The van der Waals surface area contributed by atoms with Crippen LogP contribution in [0.3, 0.4) is 0 Å².